The second-order valence-electron chi connectivity index (χ2n) is 11.0. The summed E-state index contributed by atoms with van der Waals surface area (Å²) in [7, 11) is 0. The fourth-order valence-corrected chi connectivity index (χ4v) is 4.92. The number of hydrogen-bond donors (Lipinski definition) is 9. The van der Waals surface area contributed by atoms with Crippen molar-refractivity contribution < 1.29 is 29.4 Å². The van der Waals surface area contributed by atoms with E-state index in [0.29, 0.717) is 18.7 Å². The summed E-state index contributed by atoms with van der Waals surface area (Å²) in [6.45, 7) is 1.03. The van der Waals surface area contributed by atoms with Crippen LogP contribution >= 0.6 is 0 Å². The number of amides is 4. The fraction of sp³-hybridized carbons (Fsp3) is 0.484. The molecule has 0 saturated heterocycles. The van der Waals surface area contributed by atoms with Crippen molar-refractivity contribution in [2.24, 2.45) is 17.2 Å². The summed E-state index contributed by atoms with van der Waals surface area (Å²) in [4.78, 5) is 52.1. The predicted octanol–water partition coefficient (Wildman–Crippen LogP) is -1.08. The van der Waals surface area contributed by atoms with E-state index < -0.39 is 42.0 Å². The van der Waals surface area contributed by atoms with Crippen LogP contribution in [-0.2, 0) is 32.0 Å². The lowest BCUT2D eigenvalue weighted by Crippen LogP contribution is -2.57. The van der Waals surface area contributed by atoms with Crippen LogP contribution in [0.25, 0.3) is 11.1 Å². The first-order chi connectivity index (χ1) is 21.1. The first-order valence-electron chi connectivity index (χ1n) is 15.0. The molecule has 0 aromatic heterocycles. The molecule has 4 bridgehead atoms. The Hall–Kier alpha value is -4.04. The van der Waals surface area contributed by atoms with E-state index in [0.717, 1.165) is 36.0 Å². The molecule has 240 valence electrons. The highest BCUT2D eigenvalue weighted by atomic mass is 16.3. The van der Waals surface area contributed by atoms with Crippen LogP contribution in [0, 0.1) is 0 Å². The van der Waals surface area contributed by atoms with E-state index in [4.69, 9.17) is 17.2 Å². The highest BCUT2D eigenvalue weighted by molar-refractivity contribution is 5.93. The third-order valence-corrected chi connectivity index (χ3v) is 7.46. The minimum absolute atomic E-state index is 0.00864. The van der Waals surface area contributed by atoms with Crippen LogP contribution < -0.4 is 38.5 Å². The molecule has 4 atom stereocenters. The zero-order chi connectivity index (χ0) is 32.1. The Bertz CT molecular complexity index is 1290. The van der Waals surface area contributed by atoms with Crippen molar-refractivity contribution in [3.63, 3.8) is 0 Å². The number of carbonyl (C=O) groups is 4. The highest BCUT2D eigenvalue weighted by Crippen LogP contribution is 2.28. The van der Waals surface area contributed by atoms with Crippen LogP contribution in [0.1, 0.15) is 43.2 Å². The van der Waals surface area contributed by atoms with Crippen molar-refractivity contribution in [1.82, 2.24) is 21.3 Å². The molecule has 0 spiro atoms. The molecule has 1 aliphatic heterocycles. The zero-order valence-corrected chi connectivity index (χ0v) is 24.9. The maximum Gasteiger partial charge on any atom is 0.243 e. The molecule has 2 aromatic carbocycles. The average Bonchev–Trinajstić information content (AvgIpc) is 3.00. The Morgan fingerprint density at radius 2 is 1.70 bits per heavy atom. The monoisotopic (exact) mass is 611 g/mol. The quantitative estimate of drug-likeness (QED) is 0.133. The summed E-state index contributed by atoms with van der Waals surface area (Å²) in [5, 5.41) is 31.5. The highest BCUT2D eigenvalue weighted by Gasteiger charge is 2.30. The SMILES string of the molecule is NCCCCCNC(=O)CCNC(=O)[C@@H]1Cc2cccc(c2)-c2ccc(O)c(c2)CC(N)C(=O)N[C@@H](C[C@@H](O)CN)C(=O)N1. The van der Waals surface area contributed by atoms with Gasteiger partial charge in [-0.25, -0.2) is 0 Å². The Balaban J connectivity index is 1.84. The molecular weight excluding hydrogens is 566 g/mol. The first kappa shape index (κ1) is 34.5. The van der Waals surface area contributed by atoms with E-state index in [1.165, 1.54) is 6.07 Å². The molecule has 2 aromatic rings. The van der Waals surface area contributed by atoms with Gasteiger partial charge in [0.1, 0.15) is 17.8 Å². The van der Waals surface area contributed by atoms with Gasteiger partial charge in [0.2, 0.25) is 23.6 Å². The van der Waals surface area contributed by atoms with Crippen molar-refractivity contribution in [3.8, 4) is 16.9 Å². The number of carbonyl (C=O) groups excluding carboxylic acids is 4. The van der Waals surface area contributed by atoms with Crippen LogP contribution in [0.2, 0.25) is 0 Å². The number of phenols is 1. The number of fused-ring (bicyclic) bond motifs is 5. The Morgan fingerprint density at radius 3 is 2.45 bits per heavy atom. The molecule has 0 aliphatic carbocycles. The molecule has 1 heterocycles. The second kappa shape index (κ2) is 17.3. The molecule has 12 N–H and O–H groups in total. The summed E-state index contributed by atoms with van der Waals surface area (Å²) in [5.41, 5.74) is 20.0. The minimum Gasteiger partial charge on any atom is -0.508 e. The lowest BCUT2D eigenvalue weighted by atomic mass is 9.96. The number of unbranched alkanes of at least 4 members (excludes halogenated alkanes) is 2. The van der Waals surface area contributed by atoms with Gasteiger partial charge >= 0.3 is 0 Å². The van der Waals surface area contributed by atoms with Crippen molar-refractivity contribution in [2.45, 2.75) is 69.2 Å². The van der Waals surface area contributed by atoms with Gasteiger partial charge in [0.05, 0.1) is 12.1 Å². The maximum atomic E-state index is 13.5. The third-order valence-electron chi connectivity index (χ3n) is 7.46. The lowest BCUT2D eigenvalue weighted by molar-refractivity contribution is -0.133. The van der Waals surface area contributed by atoms with Gasteiger partial charge < -0.3 is 48.7 Å². The molecule has 1 unspecified atom stereocenters. The van der Waals surface area contributed by atoms with Crippen LogP contribution in [0.5, 0.6) is 5.75 Å². The van der Waals surface area contributed by atoms with Gasteiger partial charge in [-0.3, -0.25) is 19.2 Å². The molecule has 4 amide bonds. The Morgan fingerprint density at radius 1 is 0.932 bits per heavy atom. The summed E-state index contributed by atoms with van der Waals surface area (Å²) in [6.07, 6.45) is 1.45. The number of phenolic OH excluding ortho intramolecular Hbond substituents is 1. The summed E-state index contributed by atoms with van der Waals surface area (Å²) in [6, 6.07) is 8.96. The number of rotatable bonds is 12. The molecule has 0 radical (unpaired) electrons. The van der Waals surface area contributed by atoms with Gasteiger partial charge in [0, 0.05) is 45.3 Å². The van der Waals surface area contributed by atoms with Crippen molar-refractivity contribution in [3.05, 3.63) is 53.6 Å². The number of aliphatic hydroxyl groups excluding tert-OH is 1. The normalized spacial score (nSPS) is 19.5. The molecule has 0 fully saturated rings. The number of aliphatic hydroxyl groups is 1. The van der Waals surface area contributed by atoms with Crippen LogP contribution in [-0.4, -0.2) is 84.3 Å². The first-order valence-corrected chi connectivity index (χ1v) is 15.0. The van der Waals surface area contributed by atoms with E-state index >= 15 is 0 Å². The molecule has 3 rings (SSSR count). The van der Waals surface area contributed by atoms with Crippen LogP contribution in [0.4, 0.5) is 0 Å². The largest absolute Gasteiger partial charge is 0.508 e. The zero-order valence-electron chi connectivity index (χ0n) is 24.9. The summed E-state index contributed by atoms with van der Waals surface area (Å²) >= 11 is 0. The average molecular weight is 612 g/mol. The Kier molecular flexibility index (Phi) is 13.5. The molecule has 13 heteroatoms. The molecular formula is C31H45N7O6. The van der Waals surface area contributed by atoms with E-state index in [9.17, 15) is 29.4 Å². The van der Waals surface area contributed by atoms with E-state index in [-0.39, 0.29) is 50.4 Å². The van der Waals surface area contributed by atoms with Crippen molar-refractivity contribution in [2.75, 3.05) is 26.2 Å². The summed E-state index contributed by atoms with van der Waals surface area (Å²) < 4.78 is 0. The summed E-state index contributed by atoms with van der Waals surface area (Å²) in [5.74, 6) is -2.13. The number of aromatic hydroxyl groups is 1. The number of hydrogen-bond acceptors (Lipinski definition) is 9. The molecule has 1 aliphatic rings. The van der Waals surface area contributed by atoms with Crippen molar-refractivity contribution >= 4 is 23.6 Å². The van der Waals surface area contributed by atoms with E-state index in [1.807, 2.05) is 24.3 Å². The van der Waals surface area contributed by atoms with Gasteiger partial charge in [0.15, 0.2) is 0 Å². The van der Waals surface area contributed by atoms with Gasteiger partial charge in [-0.2, -0.15) is 0 Å². The molecule has 13 nitrogen and oxygen atoms in total. The van der Waals surface area contributed by atoms with Gasteiger partial charge in [-0.1, -0.05) is 36.8 Å². The number of nitrogens with two attached hydrogens (primary N) is 3. The number of benzene rings is 2. The van der Waals surface area contributed by atoms with Gasteiger partial charge in [-0.15, -0.1) is 0 Å². The van der Waals surface area contributed by atoms with E-state index in [2.05, 4.69) is 21.3 Å². The Labute approximate surface area is 257 Å². The van der Waals surface area contributed by atoms with Crippen LogP contribution in [0.3, 0.4) is 0 Å². The maximum absolute atomic E-state index is 13.5. The van der Waals surface area contributed by atoms with E-state index in [1.54, 1.807) is 12.1 Å². The topological polar surface area (TPSA) is 235 Å². The van der Waals surface area contributed by atoms with Crippen molar-refractivity contribution in [1.29, 1.82) is 0 Å². The fourth-order valence-electron chi connectivity index (χ4n) is 4.92. The van der Waals surface area contributed by atoms with Gasteiger partial charge in [0.25, 0.3) is 0 Å². The minimum atomic E-state index is -1.25. The smallest absolute Gasteiger partial charge is 0.243 e. The second-order valence-corrected chi connectivity index (χ2v) is 11.0. The van der Waals surface area contributed by atoms with Gasteiger partial charge in [-0.05, 0) is 53.8 Å². The predicted molar refractivity (Wildman–Crippen MR) is 166 cm³/mol. The number of nitrogens with one attached hydrogen (secondary N) is 4. The third kappa shape index (κ3) is 10.6. The lowest BCUT2D eigenvalue weighted by Gasteiger charge is -2.25. The molecule has 0 saturated carbocycles. The standard InChI is InChI=1S/C31H45N7O6/c32-10-2-1-3-11-35-28(41)9-12-36-30(43)25-14-19-5-4-6-20(13-19)21-7-8-27(40)22(15-21)16-24(34)29(42)37-26(31(44)38-25)17-23(39)18-33/h4-8,13,15,23-26,39-40H,1-3,9-12,14,16-18,32-34H2,(H,35,41)(H,36,43)(H,37,42)(H,38,44)/t23-,24?,25+,26+/m1/s1. The molecule has 44 heavy (non-hydrogen) atoms. The van der Waals surface area contributed by atoms with Crippen LogP contribution in [0.15, 0.2) is 42.5 Å².